The number of carbonyl (C=O) groups is 1. The Balaban J connectivity index is 1.67. The number of hydrogen-bond acceptors (Lipinski definition) is 4. The number of carbonyl (C=O) groups excluding carboxylic acids is 1. The highest BCUT2D eigenvalue weighted by Gasteiger charge is 2.32. The van der Waals surface area contributed by atoms with Crippen molar-refractivity contribution in [3.05, 3.63) is 53.4 Å². The Morgan fingerprint density at radius 1 is 1.31 bits per heavy atom. The lowest BCUT2D eigenvalue weighted by molar-refractivity contribution is 0.0727. The molecule has 2 N–H and O–H groups in total. The van der Waals surface area contributed by atoms with E-state index in [4.69, 9.17) is 0 Å². The van der Waals surface area contributed by atoms with Crippen LogP contribution >= 0.6 is 0 Å². The van der Waals surface area contributed by atoms with E-state index < -0.39 is 0 Å². The Morgan fingerprint density at radius 2 is 2.15 bits per heavy atom. The average Bonchev–Trinajstić information content (AvgIpc) is 3.27. The molecule has 3 aromatic rings. The molecule has 0 spiro atoms. The molecule has 0 aliphatic carbocycles. The van der Waals surface area contributed by atoms with E-state index in [2.05, 4.69) is 20.3 Å². The van der Waals surface area contributed by atoms with E-state index in [1.165, 1.54) is 12.1 Å². The smallest absolute Gasteiger partial charge is 0.270 e. The summed E-state index contributed by atoms with van der Waals surface area (Å²) in [5, 5.41) is 3.85. The molecule has 134 valence electrons. The van der Waals surface area contributed by atoms with Crippen molar-refractivity contribution in [2.45, 2.75) is 25.8 Å². The van der Waals surface area contributed by atoms with Crippen molar-refractivity contribution < 1.29 is 9.18 Å². The van der Waals surface area contributed by atoms with Gasteiger partial charge in [0.1, 0.15) is 23.2 Å². The first-order valence-corrected chi connectivity index (χ1v) is 8.68. The summed E-state index contributed by atoms with van der Waals surface area (Å²) in [6.45, 7) is 2.52. The molecule has 1 aromatic carbocycles. The number of nitrogens with one attached hydrogen (secondary N) is 2. The van der Waals surface area contributed by atoms with E-state index in [0.29, 0.717) is 23.6 Å². The third-order valence-corrected chi connectivity index (χ3v) is 4.78. The van der Waals surface area contributed by atoms with Gasteiger partial charge in [-0.2, -0.15) is 0 Å². The van der Waals surface area contributed by atoms with Crippen molar-refractivity contribution >= 4 is 22.6 Å². The fourth-order valence-corrected chi connectivity index (χ4v) is 3.58. The van der Waals surface area contributed by atoms with Gasteiger partial charge in [0.15, 0.2) is 0 Å². The van der Waals surface area contributed by atoms with Gasteiger partial charge >= 0.3 is 0 Å². The van der Waals surface area contributed by atoms with Crippen molar-refractivity contribution in [2.24, 2.45) is 0 Å². The highest BCUT2D eigenvalue weighted by molar-refractivity contribution is 5.98. The minimum Gasteiger partial charge on any atom is -0.373 e. The predicted molar refractivity (Wildman–Crippen MR) is 97.6 cm³/mol. The van der Waals surface area contributed by atoms with Crippen molar-refractivity contribution in [3.63, 3.8) is 0 Å². The summed E-state index contributed by atoms with van der Waals surface area (Å²) in [5.41, 5.74) is 1.94. The van der Waals surface area contributed by atoms with Crippen LogP contribution in [0.15, 0.2) is 30.3 Å². The molecule has 1 saturated heterocycles. The van der Waals surface area contributed by atoms with E-state index in [0.717, 1.165) is 29.7 Å². The number of H-pyrrole nitrogens is 1. The van der Waals surface area contributed by atoms with Crippen LogP contribution in [0, 0.1) is 12.7 Å². The molecule has 0 bridgehead atoms. The van der Waals surface area contributed by atoms with E-state index in [1.807, 2.05) is 24.9 Å². The summed E-state index contributed by atoms with van der Waals surface area (Å²) in [5.74, 6) is 1.000. The monoisotopic (exact) mass is 353 g/mol. The number of anilines is 1. The van der Waals surface area contributed by atoms with Gasteiger partial charge < -0.3 is 15.2 Å². The second kappa shape index (κ2) is 6.40. The molecular formula is C19H20FN5O. The van der Waals surface area contributed by atoms with Crippen LogP contribution in [0.1, 0.15) is 40.9 Å². The van der Waals surface area contributed by atoms with Gasteiger partial charge in [0, 0.05) is 30.6 Å². The molecule has 1 amide bonds. The summed E-state index contributed by atoms with van der Waals surface area (Å²) in [7, 11) is 1.81. The van der Waals surface area contributed by atoms with Crippen molar-refractivity contribution in [3.8, 4) is 0 Å². The largest absolute Gasteiger partial charge is 0.373 e. The Morgan fingerprint density at radius 3 is 2.96 bits per heavy atom. The van der Waals surface area contributed by atoms with Crippen LogP contribution in [0.2, 0.25) is 0 Å². The number of halogens is 1. The number of likely N-dealkylation sites (tertiary alicyclic amines) is 1. The van der Waals surface area contributed by atoms with E-state index in [1.54, 1.807) is 12.1 Å². The van der Waals surface area contributed by atoms with Gasteiger partial charge in [-0.05, 0) is 44.0 Å². The topological polar surface area (TPSA) is 73.9 Å². The summed E-state index contributed by atoms with van der Waals surface area (Å²) in [6.07, 6.45) is 1.78. The minimum absolute atomic E-state index is 0.0838. The van der Waals surface area contributed by atoms with Gasteiger partial charge in [-0.1, -0.05) is 0 Å². The second-order valence-electron chi connectivity index (χ2n) is 6.55. The number of fused-ring (bicyclic) bond motifs is 1. The van der Waals surface area contributed by atoms with Gasteiger partial charge in [-0.3, -0.25) is 4.79 Å². The van der Waals surface area contributed by atoms with Gasteiger partial charge in [0.25, 0.3) is 5.91 Å². The number of aromatic amines is 1. The number of amides is 1. The Hall–Kier alpha value is -2.96. The lowest BCUT2D eigenvalue weighted by Gasteiger charge is -2.24. The third-order valence-electron chi connectivity index (χ3n) is 4.78. The maximum absolute atomic E-state index is 13.4. The fourth-order valence-electron chi connectivity index (χ4n) is 3.58. The maximum atomic E-state index is 13.4. The van der Waals surface area contributed by atoms with Gasteiger partial charge in [-0.15, -0.1) is 0 Å². The molecule has 1 fully saturated rings. The normalized spacial score (nSPS) is 17.0. The molecule has 2 aromatic heterocycles. The molecule has 0 saturated carbocycles. The molecule has 26 heavy (non-hydrogen) atoms. The van der Waals surface area contributed by atoms with Crippen LogP contribution in [0.25, 0.3) is 10.9 Å². The van der Waals surface area contributed by atoms with Crippen LogP contribution in [-0.2, 0) is 0 Å². The number of benzene rings is 1. The van der Waals surface area contributed by atoms with Crippen LogP contribution in [-0.4, -0.2) is 39.4 Å². The van der Waals surface area contributed by atoms with Crippen molar-refractivity contribution in [1.29, 1.82) is 0 Å². The zero-order chi connectivity index (χ0) is 18.3. The standard InChI is InChI=1S/C19H20FN5O/c1-11-22-15(10-18(21-2)23-11)17-4-3-7-25(17)19(26)16-8-12-5-6-13(20)9-14(12)24-16/h5-6,8-10,17,24H,3-4,7H2,1-2H3,(H,21,22,23)/t17-/m1/s1. The molecule has 4 rings (SSSR count). The predicted octanol–water partition coefficient (Wildman–Crippen LogP) is 3.42. The molecular weight excluding hydrogens is 333 g/mol. The van der Waals surface area contributed by atoms with Gasteiger partial charge in [-0.25, -0.2) is 14.4 Å². The minimum atomic E-state index is -0.326. The molecule has 0 unspecified atom stereocenters. The maximum Gasteiger partial charge on any atom is 0.270 e. The molecule has 6 nitrogen and oxygen atoms in total. The zero-order valence-electron chi connectivity index (χ0n) is 14.7. The molecule has 7 heteroatoms. The van der Waals surface area contributed by atoms with Crippen LogP contribution in [0.5, 0.6) is 0 Å². The van der Waals surface area contributed by atoms with Crippen LogP contribution in [0.3, 0.4) is 0 Å². The lowest BCUT2D eigenvalue weighted by atomic mass is 10.1. The summed E-state index contributed by atoms with van der Waals surface area (Å²) in [6, 6.07) is 8.05. The SMILES string of the molecule is CNc1cc([C@H]2CCCN2C(=O)c2cc3ccc(F)cc3[nH]2)nc(C)n1. The van der Waals surface area contributed by atoms with Gasteiger partial charge in [0.2, 0.25) is 0 Å². The number of nitrogens with zero attached hydrogens (tertiary/aromatic N) is 3. The Labute approximate surface area is 150 Å². The molecule has 1 aliphatic heterocycles. The first-order chi connectivity index (χ1) is 12.5. The average molecular weight is 353 g/mol. The number of aryl methyl sites for hydroxylation is 1. The third kappa shape index (κ3) is 2.89. The van der Waals surface area contributed by atoms with Crippen LogP contribution in [0.4, 0.5) is 10.2 Å². The first-order valence-electron chi connectivity index (χ1n) is 8.68. The lowest BCUT2D eigenvalue weighted by Crippen LogP contribution is -2.31. The van der Waals surface area contributed by atoms with E-state index in [9.17, 15) is 9.18 Å². The summed E-state index contributed by atoms with van der Waals surface area (Å²) in [4.78, 5) is 26.8. The summed E-state index contributed by atoms with van der Waals surface area (Å²) >= 11 is 0. The van der Waals surface area contributed by atoms with E-state index in [-0.39, 0.29) is 17.8 Å². The number of rotatable bonds is 3. The Kier molecular flexibility index (Phi) is 4.06. The van der Waals surface area contributed by atoms with E-state index >= 15 is 0 Å². The molecule has 1 aliphatic rings. The highest BCUT2D eigenvalue weighted by Crippen LogP contribution is 2.33. The van der Waals surface area contributed by atoms with Crippen molar-refractivity contribution in [1.82, 2.24) is 19.9 Å². The number of hydrogen-bond donors (Lipinski definition) is 2. The molecule has 3 heterocycles. The zero-order valence-corrected chi connectivity index (χ0v) is 14.7. The highest BCUT2D eigenvalue weighted by atomic mass is 19.1. The second-order valence-corrected chi connectivity index (χ2v) is 6.55. The van der Waals surface area contributed by atoms with Crippen molar-refractivity contribution in [2.75, 3.05) is 18.9 Å². The van der Waals surface area contributed by atoms with Crippen LogP contribution < -0.4 is 5.32 Å². The quantitative estimate of drug-likeness (QED) is 0.757. The molecule has 0 radical (unpaired) electrons. The fraction of sp³-hybridized carbons (Fsp3) is 0.316. The molecule has 1 atom stereocenters. The summed E-state index contributed by atoms with van der Waals surface area (Å²) < 4.78 is 13.4. The van der Waals surface area contributed by atoms with Gasteiger partial charge in [0.05, 0.1) is 11.7 Å². The number of aromatic nitrogens is 3. The first kappa shape index (κ1) is 16.5. The Bertz CT molecular complexity index is 983.